The molecule has 1 heterocycles. The Kier molecular flexibility index (Phi) is 5.04. The highest BCUT2D eigenvalue weighted by Crippen LogP contribution is 2.33. The topological polar surface area (TPSA) is 89.7 Å². The van der Waals surface area contributed by atoms with E-state index in [1.807, 2.05) is 0 Å². The summed E-state index contributed by atoms with van der Waals surface area (Å²) < 4.78 is 31.8. The van der Waals surface area contributed by atoms with Crippen LogP contribution in [-0.2, 0) is 19.6 Å². The second-order valence-electron chi connectivity index (χ2n) is 5.76. The minimum atomic E-state index is -3.47. The van der Waals surface area contributed by atoms with Crippen molar-refractivity contribution in [1.82, 2.24) is 4.31 Å². The van der Waals surface area contributed by atoms with Gasteiger partial charge in [0.25, 0.3) is 0 Å². The van der Waals surface area contributed by atoms with Crippen LogP contribution in [0, 0.1) is 5.92 Å². The molecule has 20 heavy (non-hydrogen) atoms. The molecule has 116 valence electrons. The lowest BCUT2D eigenvalue weighted by atomic mass is 9.89. The molecule has 0 aromatic carbocycles. The van der Waals surface area contributed by atoms with Crippen molar-refractivity contribution in [2.45, 2.75) is 49.8 Å². The van der Waals surface area contributed by atoms with E-state index in [0.717, 1.165) is 25.7 Å². The molecular weight excluding hydrogens is 280 g/mol. The molecule has 0 bridgehead atoms. The monoisotopic (exact) mass is 304 g/mol. The van der Waals surface area contributed by atoms with Crippen LogP contribution in [0.25, 0.3) is 0 Å². The quantitative estimate of drug-likeness (QED) is 0.766. The number of ether oxygens (including phenoxy) is 1. The summed E-state index contributed by atoms with van der Waals surface area (Å²) in [7, 11) is -2.15. The van der Waals surface area contributed by atoms with Gasteiger partial charge in [0.15, 0.2) is 0 Å². The number of hydrogen-bond donors (Lipinski definition) is 1. The van der Waals surface area contributed by atoms with Crippen molar-refractivity contribution >= 4 is 16.0 Å². The third-order valence-corrected chi connectivity index (χ3v) is 6.75. The van der Waals surface area contributed by atoms with Crippen LogP contribution < -0.4 is 5.73 Å². The third kappa shape index (κ3) is 3.15. The maximum absolute atomic E-state index is 12.8. The van der Waals surface area contributed by atoms with E-state index in [4.69, 9.17) is 10.5 Å². The smallest absolute Gasteiger partial charge is 0.310 e. The standard InChI is InChI=1S/C13H24N2O4S/c1-19-13(16)11-6-2-3-7-12(11)20(17,18)15-8-4-5-10(14)9-15/h10-12H,2-9,14H2,1H3/t10-,11?,12?/m1/s1. The maximum Gasteiger partial charge on any atom is 0.310 e. The van der Waals surface area contributed by atoms with Crippen molar-refractivity contribution in [2.24, 2.45) is 11.7 Å². The van der Waals surface area contributed by atoms with Crippen molar-refractivity contribution in [3.05, 3.63) is 0 Å². The van der Waals surface area contributed by atoms with Crippen LogP contribution in [0.15, 0.2) is 0 Å². The molecule has 0 aromatic rings. The fourth-order valence-electron chi connectivity index (χ4n) is 3.27. The highest BCUT2D eigenvalue weighted by molar-refractivity contribution is 7.89. The number of piperidine rings is 1. The van der Waals surface area contributed by atoms with Gasteiger partial charge in [0.2, 0.25) is 10.0 Å². The van der Waals surface area contributed by atoms with Gasteiger partial charge in [-0.1, -0.05) is 12.8 Å². The predicted molar refractivity (Wildman–Crippen MR) is 75.5 cm³/mol. The van der Waals surface area contributed by atoms with Gasteiger partial charge in [-0.25, -0.2) is 12.7 Å². The Balaban J connectivity index is 2.19. The zero-order valence-corrected chi connectivity index (χ0v) is 12.8. The minimum Gasteiger partial charge on any atom is -0.469 e. The molecular formula is C13H24N2O4S. The van der Waals surface area contributed by atoms with E-state index < -0.39 is 27.2 Å². The summed E-state index contributed by atoms with van der Waals surface area (Å²) in [5, 5.41) is -0.644. The van der Waals surface area contributed by atoms with Gasteiger partial charge in [-0.3, -0.25) is 4.79 Å². The van der Waals surface area contributed by atoms with Crippen molar-refractivity contribution in [1.29, 1.82) is 0 Å². The first-order chi connectivity index (χ1) is 9.46. The predicted octanol–water partition coefficient (Wildman–Crippen LogP) is 0.471. The summed E-state index contributed by atoms with van der Waals surface area (Å²) >= 11 is 0. The largest absolute Gasteiger partial charge is 0.469 e. The Morgan fingerprint density at radius 2 is 1.90 bits per heavy atom. The first-order valence-electron chi connectivity index (χ1n) is 7.29. The molecule has 1 saturated heterocycles. The molecule has 2 N–H and O–H groups in total. The SMILES string of the molecule is COC(=O)C1CCCCC1S(=O)(=O)N1CCC[C@@H](N)C1. The van der Waals surface area contributed by atoms with Gasteiger partial charge in [-0.05, 0) is 25.7 Å². The Morgan fingerprint density at radius 3 is 2.55 bits per heavy atom. The van der Waals surface area contributed by atoms with Gasteiger partial charge in [0.1, 0.15) is 0 Å². The molecule has 2 rings (SSSR count). The van der Waals surface area contributed by atoms with E-state index in [-0.39, 0.29) is 6.04 Å². The zero-order chi connectivity index (χ0) is 14.8. The molecule has 3 atom stereocenters. The molecule has 0 radical (unpaired) electrons. The fourth-order valence-corrected chi connectivity index (χ4v) is 5.56. The van der Waals surface area contributed by atoms with Crippen molar-refractivity contribution in [3.8, 4) is 0 Å². The third-order valence-electron chi connectivity index (χ3n) is 4.37. The maximum atomic E-state index is 12.8. The van der Waals surface area contributed by atoms with Gasteiger partial charge in [-0.15, -0.1) is 0 Å². The van der Waals surface area contributed by atoms with Crippen LogP contribution >= 0.6 is 0 Å². The van der Waals surface area contributed by atoms with Crippen LogP contribution in [0.2, 0.25) is 0 Å². The van der Waals surface area contributed by atoms with Gasteiger partial charge >= 0.3 is 5.97 Å². The summed E-state index contributed by atoms with van der Waals surface area (Å²) in [5.41, 5.74) is 5.87. The molecule has 2 unspecified atom stereocenters. The van der Waals surface area contributed by atoms with E-state index in [1.54, 1.807) is 0 Å². The average molecular weight is 304 g/mol. The van der Waals surface area contributed by atoms with Crippen LogP contribution in [0.3, 0.4) is 0 Å². The van der Waals surface area contributed by atoms with Gasteiger partial charge < -0.3 is 10.5 Å². The summed E-state index contributed by atoms with van der Waals surface area (Å²) in [5.74, 6) is -0.934. The lowest BCUT2D eigenvalue weighted by molar-refractivity contribution is -0.146. The van der Waals surface area contributed by atoms with Crippen LogP contribution in [-0.4, -0.2) is 50.2 Å². The summed E-state index contributed by atoms with van der Waals surface area (Å²) in [4.78, 5) is 11.8. The Labute approximate surface area is 120 Å². The first-order valence-corrected chi connectivity index (χ1v) is 8.79. The van der Waals surface area contributed by atoms with Gasteiger partial charge in [0, 0.05) is 19.1 Å². The number of sulfonamides is 1. The highest BCUT2D eigenvalue weighted by atomic mass is 32.2. The summed E-state index contributed by atoms with van der Waals surface area (Å²) in [6.07, 6.45) is 4.50. The molecule has 1 aliphatic carbocycles. The van der Waals surface area contributed by atoms with Gasteiger partial charge in [-0.2, -0.15) is 0 Å². The molecule has 2 aliphatic rings. The molecule has 2 fully saturated rings. The first kappa shape index (κ1) is 15.7. The normalized spacial score (nSPS) is 32.8. The van der Waals surface area contributed by atoms with Crippen molar-refractivity contribution < 1.29 is 17.9 Å². The molecule has 1 aliphatic heterocycles. The molecule has 7 heteroatoms. The van der Waals surface area contributed by atoms with E-state index in [2.05, 4.69) is 0 Å². The van der Waals surface area contributed by atoms with E-state index in [1.165, 1.54) is 11.4 Å². The van der Waals surface area contributed by atoms with E-state index in [0.29, 0.717) is 25.9 Å². The molecule has 0 spiro atoms. The van der Waals surface area contributed by atoms with Crippen LogP contribution in [0.5, 0.6) is 0 Å². The lowest BCUT2D eigenvalue weighted by Gasteiger charge is -2.36. The Hall–Kier alpha value is -0.660. The van der Waals surface area contributed by atoms with Crippen molar-refractivity contribution in [2.75, 3.05) is 20.2 Å². The van der Waals surface area contributed by atoms with Gasteiger partial charge in [0.05, 0.1) is 18.3 Å². The molecule has 0 amide bonds. The zero-order valence-electron chi connectivity index (χ0n) is 12.0. The molecule has 0 aromatic heterocycles. The second kappa shape index (κ2) is 6.41. The van der Waals surface area contributed by atoms with E-state index in [9.17, 15) is 13.2 Å². The number of nitrogens with zero attached hydrogens (tertiary/aromatic N) is 1. The summed E-state index contributed by atoms with van der Waals surface area (Å²) in [6.45, 7) is 0.882. The van der Waals surface area contributed by atoms with E-state index >= 15 is 0 Å². The number of hydrogen-bond acceptors (Lipinski definition) is 5. The number of esters is 1. The molecule has 6 nitrogen and oxygen atoms in total. The number of nitrogens with two attached hydrogens (primary N) is 1. The Morgan fingerprint density at radius 1 is 1.20 bits per heavy atom. The second-order valence-corrected chi connectivity index (χ2v) is 7.91. The fraction of sp³-hybridized carbons (Fsp3) is 0.923. The minimum absolute atomic E-state index is 0.0984. The highest BCUT2D eigenvalue weighted by Gasteiger charge is 2.43. The van der Waals surface area contributed by atoms with Crippen molar-refractivity contribution in [3.63, 3.8) is 0 Å². The Bertz CT molecular complexity index is 451. The number of rotatable bonds is 3. The number of methoxy groups -OCH3 is 1. The number of carbonyl (C=O) groups excluding carboxylic acids is 1. The lowest BCUT2D eigenvalue weighted by Crippen LogP contribution is -2.51. The summed E-state index contributed by atoms with van der Waals surface area (Å²) in [6, 6.07) is -0.0984. The van der Waals surface area contributed by atoms with Crippen LogP contribution in [0.1, 0.15) is 38.5 Å². The van der Waals surface area contributed by atoms with Crippen LogP contribution in [0.4, 0.5) is 0 Å². The average Bonchev–Trinajstić information content (AvgIpc) is 2.46. The number of carbonyl (C=O) groups is 1. The molecule has 1 saturated carbocycles.